The molecule has 0 bridgehead atoms. The van der Waals surface area contributed by atoms with Crippen LogP contribution in [0, 0.1) is 6.92 Å². The van der Waals surface area contributed by atoms with E-state index < -0.39 is 17.1 Å². The molecule has 1 aromatic heterocycles. The number of nitrogens with zero attached hydrogens (tertiary/aromatic N) is 1. The highest BCUT2D eigenvalue weighted by molar-refractivity contribution is 7.67. The topological polar surface area (TPSA) is 85.4 Å². The van der Waals surface area contributed by atoms with Crippen LogP contribution >= 0.6 is 11.6 Å². The van der Waals surface area contributed by atoms with E-state index in [1.807, 2.05) is 18.2 Å². The Morgan fingerprint density at radius 2 is 1.93 bits per heavy atom. The number of halogens is 1. The second-order valence-electron chi connectivity index (χ2n) is 6.41. The highest BCUT2D eigenvalue weighted by atomic mass is 35.5. The minimum absolute atomic E-state index is 0.285. The van der Waals surface area contributed by atoms with Crippen LogP contribution in [0.4, 0.5) is 5.69 Å². The largest absolute Gasteiger partial charge is 0.322 e. The Hall–Kier alpha value is -2.74. The minimum Gasteiger partial charge on any atom is -0.322 e. The van der Waals surface area contributed by atoms with Crippen molar-refractivity contribution in [1.82, 2.24) is 4.98 Å². The van der Waals surface area contributed by atoms with Crippen molar-refractivity contribution in [2.45, 2.75) is 20.0 Å². The molecule has 150 valence electrons. The van der Waals surface area contributed by atoms with Crippen molar-refractivity contribution in [2.75, 3.05) is 5.32 Å². The maximum Gasteiger partial charge on any atom is 0.257 e. The van der Waals surface area contributed by atoms with Crippen LogP contribution in [0.1, 0.15) is 34.5 Å². The van der Waals surface area contributed by atoms with Crippen molar-refractivity contribution in [3.63, 3.8) is 0 Å². The highest BCUT2D eigenvalue weighted by Crippen LogP contribution is 2.29. The fraction of sp³-hybridized carbons (Fsp3) is 0.143. The van der Waals surface area contributed by atoms with Crippen molar-refractivity contribution in [3.05, 3.63) is 82.5 Å². The normalized spacial score (nSPS) is 12.0. The summed E-state index contributed by atoms with van der Waals surface area (Å²) in [7, 11) is -2.95. The molecule has 0 aliphatic carbocycles. The number of benzene rings is 2. The van der Waals surface area contributed by atoms with Crippen LogP contribution in [0.5, 0.6) is 0 Å². The second kappa shape index (κ2) is 9.17. The molecular weight excluding hydrogens is 412 g/mol. The van der Waals surface area contributed by atoms with Gasteiger partial charge in [0.05, 0.1) is 16.8 Å². The maximum absolute atomic E-state index is 12.7. The van der Waals surface area contributed by atoms with E-state index in [4.69, 9.17) is 15.8 Å². The standard InChI is InChI=1S/C21H19ClN2O4S/c1-13-11-15(14(2)28-29(26)27)6-8-17(13)21(25)24-16-7-9-19(22)18(12-16)20-5-3-4-10-23-20/h3-12,14,29H,1-2H3,(H,24,25). The Morgan fingerprint density at radius 1 is 1.14 bits per heavy atom. The molecule has 2 aromatic carbocycles. The summed E-state index contributed by atoms with van der Waals surface area (Å²) in [5.74, 6) is -0.285. The van der Waals surface area contributed by atoms with Crippen molar-refractivity contribution < 1.29 is 17.4 Å². The van der Waals surface area contributed by atoms with E-state index in [-0.39, 0.29) is 5.91 Å². The predicted molar refractivity (Wildman–Crippen MR) is 114 cm³/mol. The summed E-state index contributed by atoms with van der Waals surface area (Å²) in [5.41, 5.74) is 3.86. The zero-order chi connectivity index (χ0) is 21.0. The highest BCUT2D eigenvalue weighted by Gasteiger charge is 2.14. The fourth-order valence-electron chi connectivity index (χ4n) is 2.90. The molecule has 29 heavy (non-hydrogen) atoms. The van der Waals surface area contributed by atoms with E-state index in [1.165, 1.54) is 0 Å². The van der Waals surface area contributed by atoms with Gasteiger partial charge in [0.2, 0.25) is 0 Å². The number of carbonyl (C=O) groups excluding carboxylic acids is 1. The molecule has 8 heteroatoms. The van der Waals surface area contributed by atoms with Gasteiger partial charge in [-0.15, -0.1) is 0 Å². The summed E-state index contributed by atoms with van der Waals surface area (Å²) in [6.07, 6.45) is 1.06. The van der Waals surface area contributed by atoms with Crippen LogP contribution in [0.2, 0.25) is 5.02 Å². The second-order valence-corrected chi connectivity index (χ2v) is 7.47. The molecule has 1 heterocycles. The van der Waals surface area contributed by atoms with E-state index in [2.05, 4.69) is 10.3 Å². The maximum atomic E-state index is 12.7. The number of aromatic nitrogens is 1. The van der Waals surface area contributed by atoms with E-state index >= 15 is 0 Å². The first kappa shape index (κ1) is 21.0. The Bertz CT molecular complexity index is 1110. The summed E-state index contributed by atoms with van der Waals surface area (Å²) in [6, 6.07) is 15.8. The number of thiol groups is 1. The van der Waals surface area contributed by atoms with Gasteiger partial charge in [-0.3, -0.25) is 14.0 Å². The first-order valence-electron chi connectivity index (χ1n) is 8.79. The number of nitrogens with one attached hydrogen (secondary N) is 1. The van der Waals surface area contributed by atoms with Crippen LogP contribution in [0.25, 0.3) is 11.3 Å². The molecule has 0 aliphatic rings. The number of hydrogen-bond acceptors (Lipinski definition) is 5. The number of amides is 1. The monoisotopic (exact) mass is 430 g/mol. The Labute approximate surface area is 175 Å². The lowest BCUT2D eigenvalue weighted by molar-refractivity contribution is 0.102. The molecule has 0 spiro atoms. The SMILES string of the molecule is Cc1cc(C(C)O[SH](=O)=O)ccc1C(=O)Nc1ccc(Cl)c(-c2ccccn2)c1. The molecular formula is C21H19ClN2O4S. The van der Waals surface area contributed by atoms with Crippen LogP contribution in [0.15, 0.2) is 60.8 Å². The van der Waals surface area contributed by atoms with Crippen molar-refractivity contribution in [1.29, 1.82) is 0 Å². The molecule has 0 radical (unpaired) electrons. The van der Waals surface area contributed by atoms with Gasteiger partial charge >= 0.3 is 0 Å². The number of carbonyl (C=O) groups is 1. The fourth-order valence-corrected chi connectivity index (χ4v) is 3.50. The van der Waals surface area contributed by atoms with Gasteiger partial charge in [-0.25, -0.2) is 8.42 Å². The molecule has 0 saturated heterocycles. The van der Waals surface area contributed by atoms with Gasteiger partial charge in [0, 0.05) is 23.0 Å². The third-order valence-corrected chi connectivity index (χ3v) is 5.19. The summed E-state index contributed by atoms with van der Waals surface area (Å²) in [5, 5.41) is 3.40. The molecule has 0 saturated carbocycles. The lowest BCUT2D eigenvalue weighted by Crippen LogP contribution is -2.14. The number of aryl methyl sites for hydroxylation is 1. The Kier molecular flexibility index (Phi) is 6.64. The van der Waals surface area contributed by atoms with Crippen LogP contribution in [0.3, 0.4) is 0 Å². The average Bonchev–Trinajstić information content (AvgIpc) is 2.69. The molecule has 3 rings (SSSR count). The van der Waals surface area contributed by atoms with Gasteiger partial charge in [-0.1, -0.05) is 29.8 Å². The van der Waals surface area contributed by atoms with Gasteiger partial charge in [0.15, 0.2) is 0 Å². The quantitative estimate of drug-likeness (QED) is 0.559. The minimum atomic E-state index is -2.95. The van der Waals surface area contributed by atoms with Crippen molar-refractivity contribution >= 4 is 34.2 Å². The van der Waals surface area contributed by atoms with Gasteiger partial charge in [0.25, 0.3) is 16.9 Å². The number of anilines is 1. The van der Waals surface area contributed by atoms with E-state index in [0.717, 1.165) is 5.56 Å². The number of pyridine rings is 1. The van der Waals surface area contributed by atoms with Gasteiger partial charge in [0.1, 0.15) is 0 Å². The average molecular weight is 431 g/mol. The smallest absolute Gasteiger partial charge is 0.257 e. The summed E-state index contributed by atoms with van der Waals surface area (Å²) < 4.78 is 26.3. The van der Waals surface area contributed by atoms with Crippen LogP contribution in [-0.2, 0) is 15.2 Å². The Morgan fingerprint density at radius 3 is 2.59 bits per heavy atom. The molecule has 0 fully saturated rings. The third kappa shape index (κ3) is 5.20. The van der Waals surface area contributed by atoms with E-state index in [1.54, 1.807) is 56.4 Å². The summed E-state index contributed by atoms with van der Waals surface area (Å²) in [6.45, 7) is 3.41. The predicted octanol–water partition coefficient (Wildman–Crippen LogP) is 4.57. The van der Waals surface area contributed by atoms with Gasteiger partial charge in [-0.2, -0.15) is 0 Å². The first-order valence-corrected chi connectivity index (χ1v) is 10.3. The lowest BCUT2D eigenvalue weighted by atomic mass is 10.0. The molecule has 1 N–H and O–H groups in total. The summed E-state index contributed by atoms with van der Waals surface area (Å²) >= 11 is 6.28. The molecule has 1 unspecified atom stereocenters. The van der Waals surface area contributed by atoms with Gasteiger partial charge < -0.3 is 5.32 Å². The molecule has 1 amide bonds. The van der Waals surface area contributed by atoms with Crippen molar-refractivity contribution in [3.8, 4) is 11.3 Å². The number of hydrogen-bond donors (Lipinski definition) is 2. The zero-order valence-electron chi connectivity index (χ0n) is 15.8. The van der Waals surface area contributed by atoms with E-state index in [0.29, 0.717) is 33.1 Å². The van der Waals surface area contributed by atoms with E-state index in [9.17, 15) is 13.2 Å². The Balaban J connectivity index is 1.82. The summed E-state index contributed by atoms with van der Waals surface area (Å²) in [4.78, 5) is 17.0. The van der Waals surface area contributed by atoms with Crippen LogP contribution < -0.4 is 5.32 Å². The zero-order valence-corrected chi connectivity index (χ0v) is 17.4. The first-order chi connectivity index (χ1) is 13.8. The molecule has 3 aromatic rings. The van der Waals surface area contributed by atoms with Crippen molar-refractivity contribution in [2.24, 2.45) is 0 Å². The lowest BCUT2D eigenvalue weighted by Gasteiger charge is -2.13. The number of rotatable bonds is 6. The third-order valence-electron chi connectivity index (χ3n) is 4.37. The van der Waals surface area contributed by atoms with Gasteiger partial charge in [-0.05, 0) is 61.4 Å². The molecule has 1 atom stereocenters. The molecule has 0 aliphatic heterocycles. The van der Waals surface area contributed by atoms with Crippen LogP contribution in [-0.4, -0.2) is 19.3 Å². The molecule has 6 nitrogen and oxygen atoms in total.